The number of benzene rings is 2. The molecule has 0 bridgehead atoms. The standard InChI is InChI=1S/C18H14N2O3/c21-17-9-13(11-5-1-3-7-14(11)19-17)18(22)20-15-10-23-16-8-4-2-6-12(15)16/h1-9,15H,10H2,(H,19,21)(H,20,22)/t15-/m0/s1. The van der Waals surface area contributed by atoms with Crippen LogP contribution in [-0.4, -0.2) is 17.5 Å². The molecule has 2 heterocycles. The van der Waals surface area contributed by atoms with Crippen LogP contribution in [0, 0.1) is 0 Å². The van der Waals surface area contributed by atoms with E-state index in [4.69, 9.17) is 4.74 Å². The molecule has 3 aromatic rings. The number of aromatic nitrogens is 1. The molecular formula is C18H14N2O3. The first-order valence-corrected chi connectivity index (χ1v) is 7.37. The van der Waals surface area contributed by atoms with Gasteiger partial charge in [0.15, 0.2) is 0 Å². The third-order valence-electron chi connectivity index (χ3n) is 4.00. The van der Waals surface area contributed by atoms with Crippen LogP contribution in [0.15, 0.2) is 59.4 Å². The first-order valence-electron chi connectivity index (χ1n) is 7.37. The number of carbonyl (C=O) groups is 1. The van der Waals surface area contributed by atoms with Gasteiger partial charge in [0, 0.05) is 22.5 Å². The molecule has 0 aliphatic carbocycles. The quantitative estimate of drug-likeness (QED) is 0.763. The van der Waals surface area contributed by atoms with Crippen molar-refractivity contribution in [3.05, 3.63) is 76.1 Å². The van der Waals surface area contributed by atoms with Gasteiger partial charge in [-0.15, -0.1) is 0 Å². The molecule has 1 atom stereocenters. The molecule has 23 heavy (non-hydrogen) atoms. The highest BCUT2D eigenvalue weighted by Gasteiger charge is 2.26. The van der Waals surface area contributed by atoms with E-state index in [1.165, 1.54) is 6.07 Å². The second-order valence-corrected chi connectivity index (χ2v) is 5.47. The van der Waals surface area contributed by atoms with Gasteiger partial charge in [0.1, 0.15) is 12.4 Å². The number of aromatic amines is 1. The summed E-state index contributed by atoms with van der Waals surface area (Å²) in [6.45, 7) is 0.395. The van der Waals surface area contributed by atoms with E-state index in [9.17, 15) is 9.59 Å². The molecule has 0 saturated heterocycles. The molecule has 1 amide bonds. The molecule has 114 valence electrons. The molecule has 1 aliphatic heterocycles. The summed E-state index contributed by atoms with van der Waals surface area (Å²) in [5, 5.41) is 3.67. The SMILES string of the molecule is O=C(N[C@H]1COc2ccccc21)c1cc(=O)[nH]c2ccccc12. The van der Waals surface area contributed by atoms with Gasteiger partial charge in [0.25, 0.3) is 5.91 Å². The summed E-state index contributed by atoms with van der Waals surface area (Å²) in [6.07, 6.45) is 0. The summed E-state index contributed by atoms with van der Waals surface area (Å²) < 4.78 is 5.58. The van der Waals surface area contributed by atoms with Gasteiger partial charge in [-0.3, -0.25) is 9.59 Å². The maximum absolute atomic E-state index is 12.7. The van der Waals surface area contributed by atoms with Crippen LogP contribution in [0.3, 0.4) is 0 Å². The predicted molar refractivity (Wildman–Crippen MR) is 86.7 cm³/mol. The number of hydrogen-bond donors (Lipinski definition) is 2. The summed E-state index contributed by atoms with van der Waals surface area (Å²) in [7, 11) is 0. The van der Waals surface area contributed by atoms with Crippen molar-refractivity contribution in [2.45, 2.75) is 6.04 Å². The number of rotatable bonds is 2. The highest BCUT2D eigenvalue weighted by atomic mass is 16.5. The summed E-state index contributed by atoms with van der Waals surface area (Å²) in [5.74, 6) is 0.506. The maximum atomic E-state index is 12.7. The fourth-order valence-corrected chi connectivity index (χ4v) is 2.91. The van der Waals surface area contributed by atoms with E-state index in [-0.39, 0.29) is 17.5 Å². The van der Waals surface area contributed by atoms with Crippen LogP contribution in [0.25, 0.3) is 10.9 Å². The Hall–Kier alpha value is -3.08. The van der Waals surface area contributed by atoms with Gasteiger partial charge in [-0.1, -0.05) is 36.4 Å². The second-order valence-electron chi connectivity index (χ2n) is 5.47. The van der Waals surface area contributed by atoms with E-state index in [0.717, 1.165) is 16.7 Å². The molecule has 0 saturated carbocycles. The van der Waals surface area contributed by atoms with Gasteiger partial charge in [-0.25, -0.2) is 0 Å². The minimum Gasteiger partial charge on any atom is -0.491 e. The molecule has 5 nitrogen and oxygen atoms in total. The van der Waals surface area contributed by atoms with Crippen LogP contribution < -0.4 is 15.6 Å². The predicted octanol–water partition coefficient (Wildman–Crippen LogP) is 2.39. The normalized spacial score (nSPS) is 15.9. The van der Waals surface area contributed by atoms with E-state index in [1.807, 2.05) is 42.5 Å². The lowest BCUT2D eigenvalue weighted by Gasteiger charge is -2.13. The minimum atomic E-state index is -0.295. The third kappa shape index (κ3) is 2.36. The molecule has 4 rings (SSSR count). The van der Waals surface area contributed by atoms with Gasteiger partial charge in [-0.2, -0.15) is 0 Å². The zero-order chi connectivity index (χ0) is 15.8. The number of para-hydroxylation sites is 2. The van der Waals surface area contributed by atoms with Crippen LogP contribution in [0.4, 0.5) is 0 Å². The number of hydrogen-bond acceptors (Lipinski definition) is 3. The average Bonchev–Trinajstić information content (AvgIpc) is 2.97. The molecule has 0 fully saturated rings. The van der Waals surface area contributed by atoms with Crippen molar-refractivity contribution >= 4 is 16.8 Å². The van der Waals surface area contributed by atoms with E-state index in [2.05, 4.69) is 10.3 Å². The molecule has 0 radical (unpaired) electrons. The molecule has 0 unspecified atom stereocenters. The molecule has 2 aromatic carbocycles. The zero-order valence-electron chi connectivity index (χ0n) is 12.2. The molecule has 2 N–H and O–H groups in total. The Balaban J connectivity index is 1.70. The number of fused-ring (bicyclic) bond motifs is 2. The van der Waals surface area contributed by atoms with E-state index in [0.29, 0.717) is 17.7 Å². The second kappa shape index (κ2) is 5.28. The van der Waals surface area contributed by atoms with Crippen LogP contribution in [-0.2, 0) is 0 Å². The Bertz CT molecular complexity index is 962. The first kappa shape index (κ1) is 13.6. The van der Waals surface area contributed by atoms with Gasteiger partial charge >= 0.3 is 0 Å². The van der Waals surface area contributed by atoms with Crippen LogP contribution in [0.1, 0.15) is 22.0 Å². The van der Waals surface area contributed by atoms with E-state index >= 15 is 0 Å². The van der Waals surface area contributed by atoms with E-state index < -0.39 is 0 Å². The van der Waals surface area contributed by atoms with Gasteiger partial charge in [0.2, 0.25) is 5.56 Å². The lowest BCUT2D eigenvalue weighted by molar-refractivity contribution is 0.0932. The van der Waals surface area contributed by atoms with Crippen molar-refractivity contribution in [3.8, 4) is 5.75 Å². The minimum absolute atomic E-state index is 0.211. The van der Waals surface area contributed by atoms with E-state index in [1.54, 1.807) is 6.07 Å². The molecule has 0 spiro atoms. The maximum Gasteiger partial charge on any atom is 0.252 e. The van der Waals surface area contributed by atoms with Crippen LogP contribution in [0.5, 0.6) is 5.75 Å². The summed E-state index contributed by atoms with van der Waals surface area (Å²) in [5.41, 5.74) is 1.67. The van der Waals surface area contributed by atoms with Gasteiger partial charge in [0.05, 0.1) is 11.6 Å². The summed E-state index contributed by atoms with van der Waals surface area (Å²) in [6, 6.07) is 16.0. The Kier molecular flexibility index (Phi) is 3.12. The Labute approximate surface area is 131 Å². The van der Waals surface area contributed by atoms with Crippen molar-refractivity contribution < 1.29 is 9.53 Å². The zero-order valence-corrected chi connectivity index (χ0v) is 12.2. The number of H-pyrrole nitrogens is 1. The van der Waals surface area contributed by atoms with Gasteiger partial charge < -0.3 is 15.0 Å². The summed E-state index contributed by atoms with van der Waals surface area (Å²) in [4.78, 5) is 27.2. The molecule has 1 aromatic heterocycles. The number of amides is 1. The van der Waals surface area contributed by atoms with Crippen LogP contribution >= 0.6 is 0 Å². The molecule has 5 heteroatoms. The fourth-order valence-electron chi connectivity index (χ4n) is 2.91. The monoisotopic (exact) mass is 306 g/mol. The number of pyridine rings is 1. The van der Waals surface area contributed by atoms with Crippen molar-refractivity contribution in [2.75, 3.05) is 6.61 Å². The Morgan fingerprint density at radius 2 is 1.91 bits per heavy atom. The fraction of sp³-hybridized carbons (Fsp3) is 0.111. The lowest BCUT2D eigenvalue weighted by atomic mass is 10.1. The summed E-state index contributed by atoms with van der Waals surface area (Å²) >= 11 is 0. The highest BCUT2D eigenvalue weighted by molar-refractivity contribution is 6.06. The number of ether oxygens (including phenoxy) is 1. The number of carbonyl (C=O) groups excluding carboxylic acids is 1. The van der Waals surface area contributed by atoms with Crippen molar-refractivity contribution in [3.63, 3.8) is 0 Å². The molecular weight excluding hydrogens is 292 g/mol. The molecule has 1 aliphatic rings. The smallest absolute Gasteiger partial charge is 0.252 e. The van der Waals surface area contributed by atoms with Crippen LogP contribution in [0.2, 0.25) is 0 Å². The van der Waals surface area contributed by atoms with Crippen molar-refractivity contribution in [1.29, 1.82) is 0 Å². The third-order valence-corrected chi connectivity index (χ3v) is 4.00. The Morgan fingerprint density at radius 3 is 2.83 bits per heavy atom. The highest BCUT2D eigenvalue weighted by Crippen LogP contribution is 2.32. The topological polar surface area (TPSA) is 71.2 Å². The largest absolute Gasteiger partial charge is 0.491 e. The number of nitrogens with one attached hydrogen (secondary N) is 2. The average molecular weight is 306 g/mol. The van der Waals surface area contributed by atoms with Crippen molar-refractivity contribution in [2.24, 2.45) is 0 Å². The van der Waals surface area contributed by atoms with Gasteiger partial charge in [-0.05, 0) is 12.1 Å². The van der Waals surface area contributed by atoms with Crippen molar-refractivity contribution in [1.82, 2.24) is 10.3 Å². The Morgan fingerprint density at radius 1 is 1.13 bits per heavy atom. The first-order chi connectivity index (χ1) is 11.2. The lowest BCUT2D eigenvalue weighted by Crippen LogP contribution is -2.30.